The number of anilines is 1. The number of primary amides is 1. The summed E-state index contributed by atoms with van der Waals surface area (Å²) in [5, 5.41) is 0. The van der Waals surface area contributed by atoms with E-state index in [2.05, 4.69) is 15.9 Å². The Balaban J connectivity index is 2.35. The standard InChI is InChI=1S/C12H10BrF3N2O2/c13-9-2-1-7(4-8(9)12(14,15)16)18-5-6(11(17)20)3-10(18)19/h1-2,4,6H,3,5H2,(H2,17,20)/t6-/m0/s1. The number of carbonyl (C=O) groups is 2. The zero-order valence-electron chi connectivity index (χ0n) is 10.1. The molecule has 0 saturated carbocycles. The minimum Gasteiger partial charge on any atom is -0.369 e. The maximum absolute atomic E-state index is 12.8. The maximum atomic E-state index is 12.8. The Morgan fingerprint density at radius 2 is 2.05 bits per heavy atom. The predicted octanol–water partition coefficient (Wildman–Crippen LogP) is 2.31. The third kappa shape index (κ3) is 2.79. The number of carbonyl (C=O) groups excluding carboxylic acids is 2. The molecule has 0 bridgehead atoms. The average molecular weight is 351 g/mol. The van der Waals surface area contributed by atoms with Gasteiger partial charge in [-0.3, -0.25) is 9.59 Å². The molecule has 0 radical (unpaired) electrons. The van der Waals surface area contributed by atoms with Crippen LogP contribution in [0.5, 0.6) is 0 Å². The van der Waals surface area contributed by atoms with Crippen LogP contribution in [0.2, 0.25) is 0 Å². The van der Waals surface area contributed by atoms with Crippen LogP contribution >= 0.6 is 15.9 Å². The van der Waals surface area contributed by atoms with Gasteiger partial charge in [-0.05, 0) is 18.2 Å². The van der Waals surface area contributed by atoms with Gasteiger partial charge in [0.05, 0.1) is 11.5 Å². The quantitative estimate of drug-likeness (QED) is 0.889. The van der Waals surface area contributed by atoms with Crippen molar-refractivity contribution in [1.82, 2.24) is 0 Å². The first-order valence-corrected chi connectivity index (χ1v) is 6.46. The Morgan fingerprint density at radius 1 is 1.40 bits per heavy atom. The van der Waals surface area contributed by atoms with E-state index in [0.717, 1.165) is 11.0 Å². The molecule has 8 heteroatoms. The molecule has 2 rings (SSSR count). The van der Waals surface area contributed by atoms with E-state index in [-0.39, 0.29) is 23.1 Å². The Labute approximate surface area is 120 Å². The number of hydrogen-bond donors (Lipinski definition) is 1. The van der Waals surface area contributed by atoms with Crippen LogP contribution in [-0.2, 0) is 15.8 Å². The van der Waals surface area contributed by atoms with Crippen molar-refractivity contribution in [1.29, 1.82) is 0 Å². The van der Waals surface area contributed by atoms with Crippen molar-refractivity contribution in [2.75, 3.05) is 11.4 Å². The van der Waals surface area contributed by atoms with Crippen LogP contribution in [0.15, 0.2) is 22.7 Å². The third-order valence-electron chi connectivity index (χ3n) is 3.09. The SMILES string of the molecule is NC(=O)[C@H]1CC(=O)N(c2ccc(Br)c(C(F)(F)F)c2)C1. The first kappa shape index (κ1) is 14.8. The summed E-state index contributed by atoms with van der Waals surface area (Å²) in [5.74, 6) is -1.71. The van der Waals surface area contributed by atoms with Crippen molar-refractivity contribution in [3.63, 3.8) is 0 Å². The third-order valence-corrected chi connectivity index (χ3v) is 3.79. The second-order valence-corrected chi connectivity index (χ2v) is 5.32. The summed E-state index contributed by atoms with van der Waals surface area (Å²) < 4.78 is 38.3. The molecule has 1 saturated heterocycles. The molecule has 0 aliphatic carbocycles. The summed E-state index contributed by atoms with van der Waals surface area (Å²) in [6.45, 7) is 0.00704. The summed E-state index contributed by atoms with van der Waals surface area (Å²) in [4.78, 5) is 24.0. The molecule has 1 aromatic rings. The van der Waals surface area contributed by atoms with E-state index in [4.69, 9.17) is 5.73 Å². The van der Waals surface area contributed by atoms with E-state index >= 15 is 0 Å². The number of nitrogens with two attached hydrogens (primary N) is 1. The number of alkyl halides is 3. The molecule has 1 heterocycles. The minimum atomic E-state index is -4.53. The first-order chi connectivity index (χ1) is 9.20. The van der Waals surface area contributed by atoms with Gasteiger partial charge in [0.2, 0.25) is 11.8 Å². The first-order valence-electron chi connectivity index (χ1n) is 5.66. The van der Waals surface area contributed by atoms with Crippen molar-refractivity contribution in [2.45, 2.75) is 12.6 Å². The molecule has 0 aromatic heterocycles. The van der Waals surface area contributed by atoms with Gasteiger partial charge in [-0.25, -0.2) is 0 Å². The highest BCUT2D eigenvalue weighted by atomic mass is 79.9. The molecule has 1 aliphatic rings. The number of halogens is 4. The Hall–Kier alpha value is -1.57. The van der Waals surface area contributed by atoms with Crippen LogP contribution in [0.3, 0.4) is 0 Å². The molecular weight excluding hydrogens is 341 g/mol. The molecule has 4 nitrogen and oxygen atoms in total. The van der Waals surface area contributed by atoms with Crippen molar-refractivity contribution >= 4 is 33.4 Å². The van der Waals surface area contributed by atoms with Crippen LogP contribution < -0.4 is 10.6 Å². The summed E-state index contributed by atoms with van der Waals surface area (Å²) >= 11 is 2.83. The van der Waals surface area contributed by atoms with Gasteiger partial charge in [-0.2, -0.15) is 13.2 Å². The lowest BCUT2D eigenvalue weighted by Gasteiger charge is -2.18. The summed E-state index contributed by atoms with van der Waals surface area (Å²) in [6, 6.07) is 3.50. The molecule has 108 valence electrons. The molecule has 2 amide bonds. The molecule has 0 unspecified atom stereocenters. The fourth-order valence-corrected chi connectivity index (χ4v) is 2.52. The smallest absolute Gasteiger partial charge is 0.369 e. The Bertz CT molecular complexity index is 574. The lowest BCUT2D eigenvalue weighted by Crippen LogP contribution is -2.28. The van der Waals surface area contributed by atoms with Crippen LogP contribution in [0.25, 0.3) is 0 Å². The van der Waals surface area contributed by atoms with Gasteiger partial charge in [0.1, 0.15) is 0 Å². The van der Waals surface area contributed by atoms with Gasteiger partial charge < -0.3 is 10.6 Å². The van der Waals surface area contributed by atoms with E-state index in [0.29, 0.717) is 0 Å². The lowest BCUT2D eigenvalue weighted by molar-refractivity contribution is -0.138. The number of benzene rings is 1. The molecule has 1 aliphatic heterocycles. The van der Waals surface area contributed by atoms with E-state index in [1.165, 1.54) is 12.1 Å². The highest BCUT2D eigenvalue weighted by molar-refractivity contribution is 9.10. The molecule has 20 heavy (non-hydrogen) atoms. The number of amides is 2. The Morgan fingerprint density at radius 3 is 2.55 bits per heavy atom. The zero-order chi connectivity index (χ0) is 15.1. The normalized spacial score (nSPS) is 19.5. The monoisotopic (exact) mass is 350 g/mol. The van der Waals surface area contributed by atoms with Crippen LogP contribution in [0, 0.1) is 5.92 Å². The van der Waals surface area contributed by atoms with E-state index in [1.807, 2.05) is 0 Å². The van der Waals surface area contributed by atoms with Crippen molar-refractivity contribution < 1.29 is 22.8 Å². The fourth-order valence-electron chi connectivity index (χ4n) is 2.05. The van der Waals surface area contributed by atoms with Crippen LogP contribution in [0.4, 0.5) is 18.9 Å². The van der Waals surface area contributed by atoms with E-state index in [9.17, 15) is 22.8 Å². The van der Waals surface area contributed by atoms with Crippen molar-refractivity contribution in [3.05, 3.63) is 28.2 Å². The molecule has 1 aromatic carbocycles. The van der Waals surface area contributed by atoms with Gasteiger partial charge in [0, 0.05) is 23.1 Å². The van der Waals surface area contributed by atoms with E-state index in [1.54, 1.807) is 0 Å². The Kier molecular flexibility index (Phi) is 3.77. The van der Waals surface area contributed by atoms with E-state index < -0.39 is 29.5 Å². The van der Waals surface area contributed by atoms with Crippen molar-refractivity contribution in [2.24, 2.45) is 11.7 Å². The summed E-state index contributed by atoms with van der Waals surface area (Å²) in [7, 11) is 0. The molecule has 0 spiro atoms. The minimum absolute atomic E-state index is 0.00704. The highest BCUT2D eigenvalue weighted by Crippen LogP contribution is 2.38. The maximum Gasteiger partial charge on any atom is 0.417 e. The number of rotatable bonds is 2. The predicted molar refractivity (Wildman–Crippen MR) is 68.8 cm³/mol. The molecule has 1 fully saturated rings. The van der Waals surface area contributed by atoms with Crippen LogP contribution in [0.1, 0.15) is 12.0 Å². The van der Waals surface area contributed by atoms with Crippen molar-refractivity contribution in [3.8, 4) is 0 Å². The highest BCUT2D eigenvalue weighted by Gasteiger charge is 2.37. The second kappa shape index (κ2) is 5.08. The molecule has 2 N–H and O–H groups in total. The van der Waals surface area contributed by atoms with Gasteiger partial charge in [0.25, 0.3) is 0 Å². The second-order valence-electron chi connectivity index (χ2n) is 4.47. The average Bonchev–Trinajstić information content (AvgIpc) is 2.71. The zero-order valence-corrected chi connectivity index (χ0v) is 11.7. The van der Waals surface area contributed by atoms with Gasteiger partial charge in [-0.1, -0.05) is 15.9 Å². The summed E-state index contributed by atoms with van der Waals surface area (Å²) in [6.07, 6.45) is -4.60. The lowest BCUT2D eigenvalue weighted by atomic mass is 10.1. The fraction of sp³-hybridized carbons (Fsp3) is 0.333. The molecular formula is C12H10BrF3N2O2. The molecule has 1 atom stereocenters. The topological polar surface area (TPSA) is 63.4 Å². The van der Waals surface area contributed by atoms with Gasteiger partial charge in [0.15, 0.2) is 0 Å². The van der Waals surface area contributed by atoms with Crippen LogP contribution in [-0.4, -0.2) is 18.4 Å². The number of nitrogens with zero attached hydrogens (tertiary/aromatic N) is 1. The summed E-state index contributed by atoms with van der Waals surface area (Å²) in [5.41, 5.74) is 4.35. The number of hydrogen-bond acceptors (Lipinski definition) is 2. The van der Waals surface area contributed by atoms with Gasteiger partial charge >= 0.3 is 6.18 Å². The van der Waals surface area contributed by atoms with Gasteiger partial charge in [-0.15, -0.1) is 0 Å². The largest absolute Gasteiger partial charge is 0.417 e.